The van der Waals surface area contributed by atoms with E-state index in [1.54, 1.807) is 14.2 Å². The van der Waals surface area contributed by atoms with E-state index in [0.29, 0.717) is 0 Å². The molecule has 0 radical (unpaired) electrons. The summed E-state index contributed by atoms with van der Waals surface area (Å²) in [6.07, 6.45) is 3.22. The first-order valence-electron chi connectivity index (χ1n) is 6.50. The van der Waals surface area contributed by atoms with Gasteiger partial charge in [-0.2, -0.15) is 0 Å². The molecule has 0 aliphatic carbocycles. The van der Waals surface area contributed by atoms with Gasteiger partial charge in [-0.15, -0.1) is 0 Å². The lowest BCUT2D eigenvalue weighted by molar-refractivity contribution is -0.167. The molecule has 100 valence electrons. The third-order valence-corrected chi connectivity index (χ3v) is 4.22. The van der Waals surface area contributed by atoms with Crippen molar-refractivity contribution < 1.29 is 18.9 Å². The topological polar surface area (TPSA) is 36.9 Å². The highest BCUT2D eigenvalue weighted by atomic mass is 16.6. The number of ether oxygens (including phenoxy) is 4. The molecule has 2 aliphatic heterocycles. The molecule has 2 heterocycles. The molecule has 4 heteroatoms. The summed E-state index contributed by atoms with van der Waals surface area (Å²) in [6.45, 7) is 4.92. The maximum absolute atomic E-state index is 6.21. The highest BCUT2D eigenvalue weighted by Crippen LogP contribution is 2.43. The molecule has 0 N–H and O–H groups in total. The fourth-order valence-electron chi connectivity index (χ4n) is 3.21. The fraction of sp³-hybridized carbons (Fsp3) is 1.00. The van der Waals surface area contributed by atoms with Gasteiger partial charge in [0.05, 0.1) is 12.2 Å². The molecule has 17 heavy (non-hydrogen) atoms. The second kappa shape index (κ2) is 5.22. The minimum atomic E-state index is -0.353. The van der Waals surface area contributed by atoms with Crippen LogP contribution in [0.25, 0.3) is 0 Å². The molecule has 0 aromatic rings. The monoisotopic (exact) mass is 244 g/mol. The largest absolute Gasteiger partial charge is 0.379 e. The number of hydrogen-bond acceptors (Lipinski definition) is 4. The van der Waals surface area contributed by atoms with Gasteiger partial charge in [-0.05, 0) is 33.1 Å². The normalized spacial score (nSPS) is 44.1. The number of rotatable bonds is 3. The Hall–Kier alpha value is -0.160. The van der Waals surface area contributed by atoms with Crippen LogP contribution in [0.15, 0.2) is 0 Å². The maximum atomic E-state index is 6.21. The summed E-state index contributed by atoms with van der Waals surface area (Å²) in [4.78, 5) is 0. The van der Waals surface area contributed by atoms with Gasteiger partial charge in [-0.1, -0.05) is 0 Å². The van der Waals surface area contributed by atoms with E-state index in [1.165, 1.54) is 0 Å². The molecule has 2 fully saturated rings. The Morgan fingerprint density at radius 2 is 2.06 bits per heavy atom. The molecule has 2 saturated heterocycles. The molecule has 0 amide bonds. The molecule has 0 saturated carbocycles. The minimum absolute atomic E-state index is 0.0154. The zero-order valence-corrected chi connectivity index (χ0v) is 11.3. The summed E-state index contributed by atoms with van der Waals surface area (Å²) in [5, 5.41) is 0. The molecular formula is C13H24O4. The van der Waals surface area contributed by atoms with Crippen molar-refractivity contribution in [3.8, 4) is 0 Å². The predicted molar refractivity (Wildman–Crippen MR) is 64.1 cm³/mol. The molecule has 2 rings (SSSR count). The van der Waals surface area contributed by atoms with Gasteiger partial charge in [-0.25, -0.2) is 0 Å². The lowest BCUT2D eigenvalue weighted by atomic mass is 9.84. The number of fused-ring (bicyclic) bond motifs is 2. The third-order valence-electron chi connectivity index (χ3n) is 4.22. The Balaban J connectivity index is 2.30. The second-order valence-electron chi connectivity index (χ2n) is 5.10. The Morgan fingerprint density at radius 1 is 1.29 bits per heavy atom. The van der Waals surface area contributed by atoms with E-state index in [2.05, 4.69) is 13.8 Å². The van der Waals surface area contributed by atoms with E-state index in [1.807, 2.05) is 0 Å². The Morgan fingerprint density at radius 3 is 2.71 bits per heavy atom. The van der Waals surface area contributed by atoms with E-state index < -0.39 is 0 Å². The van der Waals surface area contributed by atoms with E-state index in [9.17, 15) is 0 Å². The average Bonchev–Trinajstić information content (AvgIpc) is 2.62. The van der Waals surface area contributed by atoms with Crippen molar-refractivity contribution in [1.82, 2.24) is 0 Å². The lowest BCUT2D eigenvalue weighted by Crippen LogP contribution is -2.53. The van der Waals surface area contributed by atoms with Crippen molar-refractivity contribution in [3.63, 3.8) is 0 Å². The van der Waals surface area contributed by atoms with Crippen LogP contribution >= 0.6 is 0 Å². The summed E-state index contributed by atoms with van der Waals surface area (Å²) in [7, 11) is 3.47. The van der Waals surface area contributed by atoms with Crippen molar-refractivity contribution in [2.45, 2.75) is 63.1 Å². The summed E-state index contributed by atoms with van der Waals surface area (Å²) in [6, 6.07) is 0. The van der Waals surface area contributed by atoms with Crippen LogP contribution < -0.4 is 0 Å². The summed E-state index contributed by atoms with van der Waals surface area (Å²) in [5.41, 5.74) is -0.353. The fourth-order valence-corrected chi connectivity index (χ4v) is 3.21. The van der Waals surface area contributed by atoms with Gasteiger partial charge < -0.3 is 18.9 Å². The molecule has 0 aromatic carbocycles. The van der Waals surface area contributed by atoms with Crippen LogP contribution in [-0.4, -0.2) is 50.8 Å². The van der Waals surface area contributed by atoms with Crippen LogP contribution in [-0.2, 0) is 18.9 Å². The van der Waals surface area contributed by atoms with Gasteiger partial charge in [0.2, 0.25) is 0 Å². The second-order valence-corrected chi connectivity index (χ2v) is 5.10. The Kier molecular flexibility index (Phi) is 4.08. The van der Waals surface area contributed by atoms with Gasteiger partial charge >= 0.3 is 0 Å². The van der Waals surface area contributed by atoms with Crippen molar-refractivity contribution in [2.75, 3.05) is 20.8 Å². The minimum Gasteiger partial charge on any atom is -0.379 e. The molecule has 0 spiro atoms. The Labute approximate surface area is 104 Å². The van der Waals surface area contributed by atoms with E-state index in [0.717, 1.165) is 25.9 Å². The van der Waals surface area contributed by atoms with Crippen molar-refractivity contribution in [1.29, 1.82) is 0 Å². The van der Waals surface area contributed by atoms with E-state index in [-0.39, 0.29) is 30.0 Å². The number of methoxy groups -OCH3 is 2. The molecule has 5 atom stereocenters. The summed E-state index contributed by atoms with van der Waals surface area (Å²) < 4.78 is 23.3. The van der Waals surface area contributed by atoms with Crippen molar-refractivity contribution >= 4 is 0 Å². The molecule has 5 unspecified atom stereocenters. The zero-order chi connectivity index (χ0) is 12.5. The number of hydrogen-bond donors (Lipinski definition) is 0. The predicted octanol–water partition coefficient (Wildman–Crippen LogP) is 1.76. The van der Waals surface area contributed by atoms with E-state index >= 15 is 0 Å². The summed E-state index contributed by atoms with van der Waals surface area (Å²) >= 11 is 0. The van der Waals surface area contributed by atoms with Crippen LogP contribution in [0.2, 0.25) is 0 Å². The van der Waals surface area contributed by atoms with Gasteiger partial charge in [-0.3, -0.25) is 0 Å². The third kappa shape index (κ3) is 2.12. The van der Waals surface area contributed by atoms with Crippen LogP contribution in [0, 0.1) is 0 Å². The molecule has 4 nitrogen and oxygen atoms in total. The maximum Gasteiger partial charge on any atom is 0.123 e. The quantitative estimate of drug-likeness (QED) is 0.758. The SMILES string of the molecule is COC(C)C12CCCCOC(C(C)O1)C2OC. The van der Waals surface area contributed by atoms with E-state index in [4.69, 9.17) is 18.9 Å². The highest BCUT2D eigenvalue weighted by Gasteiger charge is 2.57. The summed E-state index contributed by atoms with van der Waals surface area (Å²) in [5.74, 6) is 0. The standard InChI is InChI=1S/C13H24O4/c1-9-11-12(15-4)13(17-9,10(2)14-3)7-5-6-8-16-11/h9-12H,5-8H2,1-4H3. The van der Waals surface area contributed by atoms with Gasteiger partial charge in [0.15, 0.2) is 0 Å². The first-order valence-corrected chi connectivity index (χ1v) is 6.50. The zero-order valence-electron chi connectivity index (χ0n) is 11.3. The highest BCUT2D eigenvalue weighted by molar-refractivity contribution is 5.06. The van der Waals surface area contributed by atoms with Crippen molar-refractivity contribution in [3.05, 3.63) is 0 Å². The van der Waals surface area contributed by atoms with Gasteiger partial charge in [0.25, 0.3) is 0 Å². The Bertz CT molecular complexity index is 258. The molecule has 0 aromatic heterocycles. The lowest BCUT2D eigenvalue weighted by Gasteiger charge is -2.39. The smallest absolute Gasteiger partial charge is 0.123 e. The molecular weight excluding hydrogens is 220 g/mol. The first-order chi connectivity index (χ1) is 8.15. The van der Waals surface area contributed by atoms with Gasteiger partial charge in [0, 0.05) is 20.8 Å². The van der Waals surface area contributed by atoms with Crippen LogP contribution in [0.4, 0.5) is 0 Å². The van der Waals surface area contributed by atoms with Crippen LogP contribution in [0.1, 0.15) is 33.1 Å². The van der Waals surface area contributed by atoms with Crippen LogP contribution in [0.3, 0.4) is 0 Å². The first kappa shape index (κ1) is 13.3. The molecule has 2 bridgehead atoms. The molecule has 2 aliphatic rings. The van der Waals surface area contributed by atoms with Crippen molar-refractivity contribution in [2.24, 2.45) is 0 Å². The average molecular weight is 244 g/mol. The van der Waals surface area contributed by atoms with Crippen LogP contribution in [0.5, 0.6) is 0 Å². The van der Waals surface area contributed by atoms with Gasteiger partial charge in [0.1, 0.15) is 17.8 Å².